The summed E-state index contributed by atoms with van der Waals surface area (Å²) in [6.07, 6.45) is 6.72. The minimum absolute atomic E-state index is 0.0675. The molecule has 0 saturated heterocycles. The number of rotatable bonds is 3. The third-order valence-electron chi connectivity index (χ3n) is 5.05. The van der Waals surface area contributed by atoms with Gasteiger partial charge in [-0.3, -0.25) is 4.79 Å². The molecule has 0 bridgehead atoms. The maximum absolute atomic E-state index is 12.7. The Morgan fingerprint density at radius 1 is 1.28 bits per heavy atom. The zero-order valence-electron chi connectivity index (χ0n) is 14.6. The quantitative estimate of drug-likeness (QED) is 0.799. The summed E-state index contributed by atoms with van der Waals surface area (Å²) >= 11 is 0. The molecule has 2 atom stereocenters. The summed E-state index contributed by atoms with van der Waals surface area (Å²) in [7, 11) is 0. The van der Waals surface area contributed by atoms with Crippen molar-refractivity contribution in [2.24, 2.45) is 5.92 Å². The number of carbonyl (C=O) groups is 1. The second-order valence-electron chi connectivity index (χ2n) is 6.98. The number of carbonyl (C=O) groups excluding carboxylic acids is 1. The van der Waals surface area contributed by atoms with Crippen LogP contribution in [-0.4, -0.2) is 20.5 Å². The maximum Gasteiger partial charge on any atom is 0.257 e. The van der Waals surface area contributed by atoms with E-state index in [1.165, 1.54) is 11.3 Å². The molecule has 128 valence electrons. The molecule has 0 saturated carbocycles. The molecule has 0 unspecified atom stereocenters. The molecule has 0 aliphatic heterocycles. The Morgan fingerprint density at radius 3 is 2.88 bits per heavy atom. The highest BCUT2D eigenvalue weighted by Crippen LogP contribution is 2.26. The first-order valence-corrected chi connectivity index (χ1v) is 8.84. The summed E-state index contributed by atoms with van der Waals surface area (Å²) in [6.45, 7) is 4.25. The summed E-state index contributed by atoms with van der Waals surface area (Å²) in [4.78, 5) is 17.2. The van der Waals surface area contributed by atoms with Crippen molar-refractivity contribution in [2.45, 2.75) is 39.2 Å². The third kappa shape index (κ3) is 2.90. The summed E-state index contributed by atoms with van der Waals surface area (Å²) in [5, 5.41) is 7.50. The van der Waals surface area contributed by atoms with Crippen LogP contribution in [0.2, 0.25) is 0 Å². The zero-order valence-corrected chi connectivity index (χ0v) is 14.6. The Bertz CT molecular complexity index is 916. The van der Waals surface area contributed by atoms with Gasteiger partial charge in [0, 0.05) is 11.9 Å². The van der Waals surface area contributed by atoms with E-state index in [1.54, 1.807) is 6.20 Å². The number of hydrogen-bond donors (Lipinski definition) is 1. The topological polar surface area (TPSA) is 59.3 Å². The Balaban J connectivity index is 1.62. The van der Waals surface area contributed by atoms with Crippen LogP contribution in [0.25, 0.3) is 5.65 Å². The van der Waals surface area contributed by atoms with E-state index in [1.807, 2.05) is 48.0 Å². The summed E-state index contributed by atoms with van der Waals surface area (Å²) in [6, 6.07) is 9.87. The lowest BCUT2D eigenvalue weighted by atomic mass is 9.89. The van der Waals surface area contributed by atoms with Crippen molar-refractivity contribution >= 4 is 11.6 Å². The fraction of sp³-hybridized carbons (Fsp3) is 0.350. The third-order valence-corrected chi connectivity index (χ3v) is 5.05. The van der Waals surface area contributed by atoms with E-state index in [0.29, 0.717) is 17.1 Å². The van der Waals surface area contributed by atoms with Crippen molar-refractivity contribution in [1.29, 1.82) is 0 Å². The molecule has 1 aromatic carbocycles. The van der Waals surface area contributed by atoms with Crippen LogP contribution < -0.4 is 5.32 Å². The van der Waals surface area contributed by atoms with Crippen molar-refractivity contribution in [3.8, 4) is 0 Å². The predicted octanol–water partition coefficient (Wildman–Crippen LogP) is 3.35. The van der Waals surface area contributed by atoms with E-state index in [4.69, 9.17) is 0 Å². The number of aryl methyl sites for hydroxylation is 1. The van der Waals surface area contributed by atoms with E-state index in [9.17, 15) is 4.79 Å². The molecule has 1 aliphatic rings. The lowest BCUT2D eigenvalue weighted by Gasteiger charge is -2.21. The molecule has 3 aromatic rings. The largest absolute Gasteiger partial charge is 0.345 e. The molecule has 25 heavy (non-hydrogen) atoms. The smallest absolute Gasteiger partial charge is 0.257 e. The summed E-state index contributed by atoms with van der Waals surface area (Å²) < 4.78 is 1.85. The molecule has 0 radical (unpaired) electrons. The Hall–Kier alpha value is -2.69. The van der Waals surface area contributed by atoms with E-state index < -0.39 is 0 Å². The summed E-state index contributed by atoms with van der Waals surface area (Å²) in [5.74, 6) is 0.541. The molecular formula is C20H22N4O. The highest BCUT2D eigenvalue weighted by molar-refractivity contribution is 5.99. The number of hydrogen-bond acceptors (Lipinski definition) is 3. The molecule has 0 spiro atoms. The first-order valence-electron chi connectivity index (χ1n) is 8.84. The van der Waals surface area contributed by atoms with Crippen LogP contribution >= 0.6 is 0 Å². The van der Waals surface area contributed by atoms with Crippen LogP contribution in [0.4, 0.5) is 0 Å². The lowest BCUT2D eigenvalue weighted by molar-refractivity contribution is 0.0941. The first kappa shape index (κ1) is 15.8. The standard InChI is InChI=1S/C20H22N4O/c1-13-8-9-18-16(10-13)11-21-19-17(12-22-24(18)19)20(25)23-14(2)15-6-4-3-5-7-15/h3-7,11-14H,8-10H2,1-2H3,(H,23,25)/t13-,14-/m1/s1. The summed E-state index contributed by atoms with van der Waals surface area (Å²) in [5.41, 5.74) is 4.69. The molecule has 2 aromatic heterocycles. The minimum Gasteiger partial charge on any atom is -0.345 e. The lowest BCUT2D eigenvalue weighted by Crippen LogP contribution is -2.26. The molecule has 0 fully saturated rings. The van der Waals surface area contributed by atoms with Gasteiger partial charge in [0.1, 0.15) is 5.56 Å². The van der Waals surface area contributed by atoms with E-state index in [0.717, 1.165) is 24.8 Å². The van der Waals surface area contributed by atoms with Gasteiger partial charge >= 0.3 is 0 Å². The first-order chi connectivity index (χ1) is 12.1. The average molecular weight is 334 g/mol. The van der Waals surface area contributed by atoms with E-state index in [2.05, 4.69) is 22.3 Å². The van der Waals surface area contributed by atoms with Crippen LogP contribution in [0.15, 0.2) is 42.7 Å². The molecule has 1 N–H and O–H groups in total. The number of aromatic nitrogens is 3. The van der Waals surface area contributed by atoms with E-state index in [-0.39, 0.29) is 11.9 Å². The monoisotopic (exact) mass is 334 g/mol. The minimum atomic E-state index is -0.136. The fourth-order valence-corrected chi connectivity index (χ4v) is 3.57. The Morgan fingerprint density at radius 2 is 2.08 bits per heavy atom. The molecule has 5 nitrogen and oxygen atoms in total. The fourth-order valence-electron chi connectivity index (χ4n) is 3.57. The van der Waals surface area contributed by atoms with Gasteiger partial charge < -0.3 is 5.32 Å². The van der Waals surface area contributed by atoms with Crippen molar-refractivity contribution in [1.82, 2.24) is 19.9 Å². The Labute approximate surface area is 147 Å². The highest BCUT2D eigenvalue weighted by atomic mass is 16.1. The van der Waals surface area contributed by atoms with Crippen LogP contribution in [-0.2, 0) is 12.8 Å². The van der Waals surface area contributed by atoms with Gasteiger partial charge in [-0.05, 0) is 43.2 Å². The van der Waals surface area contributed by atoms with Crippen LogP contribution in [0.1, 0.15) is 53.5 Å². The SMILES string of the molecule is C[C@@H]1CCc2c(cnc3c(C(=O)N[C@H](C)c4ccccc4)cnn23)C1. The van der Waals surface area contributed by atoms with Gasteiger partial charge in [0.25, 0.3) is 5.91 Å². The van der Waals surface area contributed by atoms with Gasteiger partial charge in [-0.15, -0.1) is 0 Å². The average Bonchev–Trinajstić information content (AvgIpc) is 3.06. The molecule has 1 aliphatic carbocycles. The van der Waals surface area contributed by atoms with Crippen LogP contribution in [0.3, 0.4) is 0 Å². The second kappa shape index (κ2) is 6.31. The van der Waals surface area contributed by atoms with Gasteiger partial charge in [-0.25, -0.2) is 9.50 Å². The Kier molecular flexibility index (Phi) is 3.99. The van der Waals surface area contributed by atoms with Crippen molar-refractivity contribution < 1.29 is 4.79 Å². The normalized spacial score (nSPS) is 17.9. The number of nitrogens with one attached hydrogen (secondary N) is 1. The highest BCUT2D eigenvalue weighted by Gasteiger charge is 2.22. The van der Waals surface area contributed by atoms with Gasteiger partial charge in [0.2, 0.25) is 0 Å². The van der Waals surface area contributed by atoms with Crippen LogP contribution in [0, 0.1) is 5.92 Å². The van der Waals surface area contributed by atoms with E-state index >= 15 is 0 Å². The van der Waals surface area contributed by atoms with Crippen molar-refractivity contribution in [3.05, 3.63) is 65.1 Å². The predicted molar refractivity (Wildman–Crippen MR) is 96.5 cm³/mol. The number of fused-ring (bicyclic) bond motifs is 3. The number of amides is 1. The number of nitrogens with zero attached hydrogens (tertiary/aromatic N) is 3. The number of benzene rings is 1. The van der Waals surface area contributed by atoms with Crippen molar-refractivity contribution in [3.63, 3.8) is 0 Å². The van der Waals surface area contributed by atoms with Gasteiger partial charge in [-0.2, -0.15) is 5.10 Å². The van der Waals surface area contributed by atoms with Gasteiger partial charge in [-0.1, -0.05) is 37.3 Å². The zero-order chi connectivity index (χ0) is 17.4. The second-order valence-corrected chi connectivity index (χ2v) is 6.98. The van der Waals surface area contributed by atoms with Crippen LogP contribution in [0.5, 0.6) is 0 Å². The van der Waals surface area contributed by atoms with Crippen molar-refractivity contribution in [2.75, 3.05) is 0 Å². The van der Waals surface area contributed by atoms with Gasteiger partial charge in [0.15, 0.2) is 5.65 Å². The van der Waals surface area contributed by atoms with Gasteiger partial charge in [0.05, 0.1) is 12.2 Å². The molecule has 5 heteroatoms. The molecule has 2 heterocycles. The molecule has 1 amide bonds. The molecular weight excluding hydrogens is 312 g/mol. The molecule has 4 rings (SSSR count). The maximum atomic E-state index is 12.7.